The van der Waals surface area contributed by atoms with Crippen molar-refractivity contribution in [2.45, 2.75) is 97.8 Å². The predicted octanol–water partition coefficient (Wildman–Crippen LogP) is 5.46. The van der Waals surface area contributed by atoms with Crippen LogP contribution in [0.3, 0.4) is 0 Å². The average molecular weight is 394 g/mol. The Morgan fingerprint density at radius 2 is 1.50 bits per heavy atom. The van der Waals surface area contributed by atoms with E-state index in [4.69, 9.17) is 4.55 Å². The van der Waals surface area contributed by atoms with Gasteiger partial charge in [0.05, 0.1) is 6.61 Å². The number of rotatable bonds is 13. The highest BCUT2D eigenvalue weighted by atomic mass is 32.3. The molecule has 0 saturated carbocycles. The van der Waals surface area contributed by atoms with Gasteiger partial charge in [-0.15, -0.1) is 0 Å². The van der Waals surface area contributed by atoms with E-state index in [1.54, 1.807) is 0 Å². The van der Waals surface area contributed by atoms with E-state index in [1.165, 1.54) is 104 Å². The fourth-order valence-corrected chi connectivity index (χ4v) is 3.76. The molecule has 26 heavy (non-hydrogen) atoms. The highest BCUT2D eigenvalue weighted by molar-refractivity contribution is 7.80. The second kappa shape index (κ2) is 17.0. The van der Waals surface area contributed by atoms with Crippen molar-refractivity contribution in [1.29, 1.82) is 0 Å². The van der Waals surface area contributed by atoms with Crippen molar-refractivity contribution < 1.29 is 17.2 Å². The van der Waals surface area contributed by atoms with Crippen molar-refractivity contribution in [2.75, 3.05) is 26.2 Å². The number of likely N-dealkylation sites (tertiary alicyclic amines) is 1. The van der Waals surface area contributed by atoms with Gasteiger partial charge in [0.1, 0.15) is 0 Å². The molecule has 0 aromatic rings. The van der Waals surface area contributed by atoms with Crippen LogP contribution in [0.4, 0.5) is 0 Å². The first-order valence-electron chi connectivity index (χ1n) is 10.7. The molecule has 0 amide bonds. The maximum absolute atomic E-state index is 9.56. The van der Waals surface area contributed by atoms with Crippen LogP contribution in [-0.4, -0.2) is 44.1 Å². The lowest BCUT2D eigenvalue weighted by atomic mass is 10.00. The Balaban J connectivity index is 0.000000758. The molecule has 6 heteroatoms. The summed E-state index contributed by atoms with van der Waals surface area (Å²) in [5, 5.41) is 0. The molecule has 1 aliphatic rings. The van der Waals surface area contributed by atoms with E-state index in [-0.39, 0.29) is 6.61 Å². The second-order valence-corrected chi connectivity index (χ2v) is 8.66. The van der Waals surface area contributed by atoms with Crippen molar-refractivity contribution in [3.05, 3.63) is 0 Å². The first-order valence-corrected chi connectivity index (χ1v) is 12.1. The maximum atomic E-state index is 9.56. The first-order chi connectivity index (χ1) is 12.4. The monoisotopic (exact) mass is 393 g/mol. The van der Waals surface area contributed by atoms with E-state index in [9.17, 15) is 8.42 Å². The predicted molar refractivity (Wildman–Crippen MR) is 110 cm³/mol. The number of hydrogen-bond acceptors (Lipinski definition) is 4. The molecule has 0 aromatic carbocycles. The zero-order valence-electron chi connectivity index (χ0n) is 17.4. The van der Waals surface area contributed by atoms with E-state index in [2.05, 4.69) is 22.9 Å². The molecular weight excluding hydrogens is 350 g/mol. The summed E-state index contributed by atoms with van der Waals surface area (Å²) in [5.41, 5.74) is 0. The molecule has 1 heterocycles. The maximum Gasteiger partial charge on any atom is 0.397 e. The smallest absolute Gasteiger partial charge is 0.303 e. The van der Waals surface area contributed by atoms with E-state index in [0.29, 0.717) is 0 Å². The minimum Gasteiger partial charge on any atom is -0.303 e. The molecule has 1 rings (SSSR count). The van der Waals surface area contributed by atoms with Crippen LogP contribution in [0.15, 0.2) is 0 Å². The van der Waals surface area contributed by atoms with Crippen LogP contribution in [0.2, 0.25) is 0 Å². The van der Waals surface area contributed by atoms with Gasteiger partial charge in [-0.2, -0.15) is 8.42 Å². The minimum absolute atomic E-state index is 0.0289. The zero-order valence-corrected chi connectivity index (χ0v) is 18.2. The second-order valence-electron chi connectivity index (χ2n) is 7.56. The third-order valence-electron chi connectivity index (χ3n) is 4.84. The van der Waals surface area contributed by atoms with Crippen molar-refractivity contribution in [1.82, 2.24) is 4.90 Å². The third-order valence-corrected chi connectivity index (χ3v) is 5.37. The van der Waals surface area contributed by atoms with E-state index < -0.39 is 10.4 Å². The molecule has 0 bridgehead atoms. The molecule has 0 radical (unpaired) electrons. The SMILES string of the molecule is CCCCCCCCCCCCN1CCCC(C)C1.CCOS(=O)(=O)O. The molecule has 1 N–H and O–H groups in total. The summed E-state index contributed by atoms with van der Waals surface area (Å²) in [6.07, 6.45) is 17.4. The van der Waals surface area contributed by atoms with Gasteiger partial charge in [0, 0.05) is 6.54 Å². The molecule has 0 aliphatic carbocycles. The lowest BCUT2D eigenvalue weighted by Gasteiger charge is -2.30. The summed E-state index contributed by atoms with van der Waals surface area (Å²) in [6.45, 7) is 10.2. The standard InChI is InChI=1S/C18H37N.C2H6O4S/c1-3-4-5-6-7-8-9-10-11-12-15-19-16-13-14-18(2)17-19;1-2-6-7(3,4)5/h18H,3-17H2,1-2H3;2H2,1H3,(H,3,4,5). The fraction of sp³-hybridized carbons (Fsp3) is 1.00. The van der Waals surface area contributed by atoms with Gasteiger partial charge in [-0.3, -0.25) is 4.55 Å². The van der Waals surface area contributed by atoms with Crippen molar-refractivity contribution in [3.8, 4) is 0 Å². The first kappa shape index (κ1) is 25.8. The van der Waals surface area contributed by atoms with Gasteiger partial charge in [-0.25, -0.2) is 4.18 Å². The normalized spacial score (nSPS) is 18.4. The molecule has 0 aromatic heterocycles. The number of hydrogen-bond donors (Lipinski definition) is 1. The van der Waals surface area contributed by atoms with Crippen molar-refractivity contribution in [3.63, 3.8) is 0 Å². The lowest BCUT2D eigenvalue weighted by molar-refractivity contribution is 0.180. The Labute approximate surface area is 162 Å². The molecule has 1 unspecified atom stereocenters. The molecule has 1 fully saturated rings. The van der Waals surface area contributed by atoms with Gasteiger partial charge in [0.15, 0.2) is 0 Å². The van der Waals surface area contributed by atoms with Crippen LogP contribution in [0.5, 0.6) is 0 Å². The Bertz CT molecular complexity index is 401. The van der Waals surface area contributed by atoms with Gasteiger partial charge in [-0.05, 0) is 45.2 Å². The number of unbranched alkanes of at least 4 members (excludes halogenated alkanes) is 9. The van der Waals surface area contributed by atoms with Crippen LogP contribution in [0.1, 0.15) is 97.8 Å². The fourth-order valence-electron chi connectivity index (χ4n) is 3.46. The number of piperidine rings is 1. The average Bonchev–Trinajstić information content (AvgIpc) is 2.56. The molecule has 1 aliphatic heterocycles. The Morgan fingerprint density at radius 3 is 1.92 bits per heavy atom. The molecule has 158 valence electrons. The molecule has 1 atom stereocenters. The Morgan fingerprint density at radius 1 is 0.962 bits per heavy atom. The van der Waals surface area contributed by atoms with Crippen LogP contribution >= 0.6 is 0 Å². The largest absolute Gasteiger partial charge is 0.397 e. The highest BCUT2D eigenvalue weighted by Gasteiger charge is 2.14. The summed E-state index contributed by atoms with van der Waals surface area (Å²) in [6, 6.07) is 0. The summed E-state index contributed by atoms with van der Waals surface area (Å²) >= 11 is 0. The molecule has 0 spiro atoms. The van der Waals surface area contributed by atoms with Gasteiger partial charge in [-0.1, -0.05) is 71.6 Å². The van der Waals surface area contributed by atoms with Gasteiger partial charge in [0.25, 0.3) is 0 Å². The summed E-state index contributed by atoms with van der Waals surface area (Å²) in [4.78, 5) is 2.69. The zero-order chi connectivity index (χ0) is 19.7. The molecule has 1 saturated heterocycles. The van der Waals surface area contributed by atoms with Gasteiger partial charge in [0.2, 0.25) is 0 Å². The Hall–Kier alpha value is -0.170. The summed E-state index contributed by atoms with van der Waals surface area (Å²) < 4.78 is 30.7. The Kier molecular flexibility index (Phi) is 16.9. The molecule has 5 nitrogen and oxygen atoms in total. The number of nitrogens with zero attached hydrogens (tertiary/aromatic N) is 1. The van der Waals surface area contributed by atoms with Crippen molar-refractivity contribution >= 4 is 10.4 Å². The van der Waals surface area contributed by atoms with Gasteiger partial charge < -0.3 is 4.90 Å². The summed E-state index contributed by atoms with van der Waals surface area (Å²) in [7, 11) is -4.17. The van der Waals surface area contributed by atoms with Crippen LogP contribution in [-0.2, 0) is 14.6 Å². The van der Waals surface area contributed by atoms with Crippen LogP contribution < -0.4 is 0 Å². The van der Waals surface area contributed by atoms with Crippen LogP contribution in [0, 0.1) is 5.92 Å². The lowest BCUT2D eigenvalue weighted by Crippen LogP contribution is -2.34. The van der Waals surface area contributed by atoms with Crippen LogP contribution in [0.25, 0.3) is 0 Å². The third kappa shape index (κ3) is 18.6. The molecular formula is C20H43NO4S. The summed E-state index contributed by atoms with van der Waals surface area (Å²) in [5.74, 6) is 0.942. The van der Waals surface area contributed by atoms with E-state index in [0.717, 1.165) is 5.92 Å². The van der Waals surface area contributed by atoms with Gasteiger partial charge >= 0.3 is 10.4 Å². The van der Waals surface area contributed by atoms with E-state index in [1.807, 2.05) is 0 Å². The minimum atomic E-state index is -4.17. The van der Waals surface area contributed by atoms with Crippen molar-refractivity contribution in [2.24, 2.45) is 5.92 Å². The highest BCUT2D eigenvalue weighted by Crippen LogP contribution is 2.16. The topological polar surface area (TPSA) is 66.8 Å². The quantitative estimate of drug-likeness (QED) is 0.332. The van der Waals surface area contributed by atoms with E-state index >= 15 is 0 Å².